The maximum absolute atomic E-state index is 6.73. The van der Waals surface area contributed by atoms with Crippen LogP contribution in [0.2, 0.25) is 0 Å². The number of amidine groups is 1. The van der Waals surface area contributed by atoms with Crippen molar-refractivity contribution in [2.75, 3.05) is 0 Å². The third-order valence-electron chi connectivity index (χ3n) is 12.4. The summed E-state index contributed by atoms with van der Waals surface area (Å²) in [5, 5.41) is 12.5. The van der Waals surface area contributed by atoms with E-state index in [0.717, 1.165) is 39.6 Å². The van der Waals surface area contributed by atoms with Crippen molar-refractivity contribution in [1.82, 2.24) is 10.6 Å². The van der Waals surface area contributed by atoms with Crippen LogP contribution in [0.1, 0.15) is 51.3 Å². The molecule has 0 amide bonds. The summed E-state index contributed by atoms with van der Waals surface area (Å²) in [6.07, 6.45) is -0.323. The van der Waals surface area contributed by atoms with Crippen LogP contribution in [-0.4, -0.2) is 5.84 Å². The van der Waals surface area contributed by atoms with Crippen LogP contribution in [0.5, 0.6) is 11.5 Å². The summed E-state index contributed by atoms with van der Waals surface area (Å²) in [6, 6.07) is 72.1. The summed E-state index contributed by atoms with van der Waals surface area (Å²) >= 11 is 0. The normalized spacial score (nSPS) is 17.1. The van der Waals surface area contributed by atoms with E-state index in [0.29, 0.717) is 0 Å². The van der Waals surface area contributed by atoms with E-state index in [-0.39, 0.29) is 12.3 Å². The molecule has 3 aliphatic rings. The second-order valence-corrected chi connectivity index (χ2v) is 15.5. The zero-order chi connectivity index (χ0) is 38.2. The number of aliphatic imine (C=N–C) groups is 1. The number of fused-ring (bicyclic) bond motifs is 14. The molecular formula is C54H37N3O. The Balaban J connectivity index is 1.03. The summed E-state index contributed by atoms with van der Waals surface area (Å²) in [4.78, 5) is 5.11. The Morgan fingerprint density at radius 3 is 1.72 bits per heavy atom. The minimum atomic E-state index is -0.606. The van der Waals surface area contributed by atoms with Gasteiger partial charge in [0.05, 0.1) is 5.41 Å². The highest BCUT2D eigenvalue weighted by Gasteiger charge is 2.52. The number of hydrogen-bond acceptors (Lipinski definition) is 4. The van der Waals surface area contributed by atoms with Crippen molar-refractivity contribution in [1.29, 1.82) is 0 Å². The molecule has 0 fully saturated rings. The van der Waals surface area contributed by atoms with Gasteiger partial charge in [-0.25, -0.2) is 4.99 Å². The van der Waals surface area contributed by atoms with Crippen LogP contribution in [0.15, 0.2) is 205 Å². The molecule has 2 unspecified atom stereocenters. The number of hydrogen-bond donors (Lipinski definition) is 2. The third kappa shape index (κ3) is 4.82. The molecule has 0 saturated carbocycles. The van der Waals surface area contributed by atoms with Crippen molar-refractivity contribution in [3.63, 3.8) is 0 Å². The van der Waals surface area contributed by atoms with Crippen molar-refractivity contribution < 1.29 is 4.74 Å². The largest absolute Gasteiger partial charge is 0.457 e. The van der Waals surface area contributed by atoms with E-state index in [1.165, 1.54) is 60.5 Å². The first-order chi connectivity index (χ1) is 28.8. The lowest BCUT2D eigenvalue weighted by molar-refractivity contribution is 0.409. The molecule has 9 aromatic carbocycles. The molecular weight excluding hydrogens is 707 g/mol. The molecule has 4 heteroatoms. The molecule has 0 aromatic heterocycles. The van der Waals surface area contributed by atoms with Crippen LogP contribution in [-0.2, 0) is 5.41 Å². The molecule has 2 atom stereocenters. The molecule has 58 heavy (non-hydrogen) atoms. The van der Waals surface area contributed by atoms with Gasteiger partial charge in [0.2, 0.25) is 0 Å². The fourth-order valence-corrected chi connectivity index (χ4v) is 9.90. The topological polar surface area (TPSA) is 45.7 Å². The lowest BCUT2D eigenvalue weighted by Gasteiger charge is -2.40. The molecule has 2 N–H and O–H groups in total. The number of para-hydroxylation sites is 2. The SMILES string of the molecule is c1ccc(C2=NC(c3ccccc3)NC(c3ccc(-c4ccc5c(c4)C4(c6ccccc6Oc6ccccc64)c4c-5c5ccccc5c5ccccc45)cc3)N2)cc1. The van der Waals surface area contributed by atoms with E-state index >= 15 is 0 Å². The summed E-state index contributed by atoms with van der Waals surface area (Å²) in [5.41, 5.74) is 12.6. The van der Waals surface area contributed by atoms with Crippen molar-refractivity contribution >= 4 is 27.4 Å². The maximum Gasteiger partial charge on any atom is 0.132 e. The van der Waals surface area contributed by atoms with Gasteiger partial charge in [0.1, 0.15) is 29.7 Å². The van der Waals surface area contributed by atoms with Gasteiger partial charge in [-0.2, -0.15) is 0 Å². The van der Waals surface area contributed by atoms with Crippen LogP contribution in [0.25, 0.3) is 43.8 Å². The lowest BCUT2D eigenvalue weighted by Crippen LogP contribution is -2.44. The molecule has 9 aromatic rings. The Labute approximate surface area is 337 Å². The first kappa shape index (κ1) is 32.9. The monoisotopic (exact) mass is 743 g/mol. The molecule has 0 saturated heterocycles. The maximum atomic E-state index is 6.73. The van der Waals surface area contributed by atoms with Crippen LogP contribution >= 0.6 is 0 Å². The minimum Gasteiger partial charge on any atom is -0.457 e. The molecule has 4 nitrogen and oxygen atoms in total. The van der Waals surface area contributed by atoms with Gasteiger partial charge >= 0.3 is 0 Å². The molecule has 2 aliphatic heterocycles. The number of nitrogens with one attached hydrogen (secondary N) is 2. The Hall–Kier alpha value is -7.27. The summed E-state index contributed by atoms with van der Waals surface area (Å²) in [5.74, 6) is 2.67. The van der Waals surface area contributed by atoms with Crippen LogP contribution in [0.4, 0.5) is 0 Å². The third-order valence-corrected chi connectivity index (χ3v) is 12.4. The van der Waals surface area contributed by atoms with E-state index < -0.39 is 5.41 Å². The van der Waals surface area contributed by atoms with Gasteiger partial charge < -0.3 is 10.1 Å². The van der Waals surface area contributed by atoms with Crippen LogP contribution < -0.4 is 15.4 Å². The van der Waals surface area contributed by atoms with Gasteiger partial charge in [0, 0.05) is 16.7 Å². The fourth-order valence-electron chi connectivity index (χ4n) is 9.90. The second kappa shape index (κ2) is 12.9. The Morgan fingerprint density at radius 2 is 1.02 bits per heavy atom. The Kier molecular flexibility index (Phi) is 7.31. The smallest absolute Gasteiger partial charge is 0.132 e. The van der Waals surface area contributed by atoms with Gasteiger partial charge in [0.15, 0.2) is 0 Å². The zero-order valence-corrected chi connectivity index (χ0v) is 31.6. The standard InChI is InChI=1S/C54H37N3O/c1-3-15-35(16-4-1)51-55-52(36-17-5-2-6-18-36)57-53(56-51)37-29-27-34(28-30-37)38-31-32-43-46(33-38)54(44-23-11-13-25-47(44)58-48-26-14-12-24-45(48)54)50-42-22-10-8-20-40(42)39-19-7-9-21-41(39)49(43)50/h1-33,51,53,56H,(H,55,57). The van der Waals surface area contributed by atoms with Gasteiger partial charge in [0.25, 0.3) is 0 Å². The highest BCUT2D eigenvalue weighted by Crippen LogP contribution is 2.65. The highest BCUT2D eigenvalue weighted by atomic mass is 16.5. The molecule has 0 bridgehead atoms. The lowest BCUT2D eigenvalue weighted by atomic mass is 9.64. The van der Waals surface area contributed by atoms with E-state index in [1.54, 1.807) is 0 Å². The van der Waals surface area contributed by atoms with Crippen molar-refractivity contribution in [3.05, 3.63) is 239 Å². The van der Waals surface area contributed by atoms with Gasteiger partial charge in [-0.05, 0) is 84.3 Å². The number of ether oxygens (including phenoxy) is 1. The fraction of sp³-hybridized carbons (Fsp3) is 0.0556. The summed E-state index contributed by atoms with van der Waals surface area (Å²) in [6.45, 7) is 0. The molecule has 1 aliphatic carbocycles. The van der Waals surface area contributed by atoms with Crippen molar-refractivity contribution in [2.45, 2.75) is 17.7 Å². The zero-order valence-electron chi connectivity index (χ0n) is 31.6. The summed E-state index contributed by atoms with van der Waals surface area (Å²) < 4.78 is 6.73. The summed E-state index contributed by atoms with van der Waals surface area (Å²) in [7, 11) is 0. The second-order valence-electron chi connectivity index (χ2n) is 15.5. The van der Waals surface area contributed by atoms with Gasteiger partial charge in [-0.3, -0.25) is 5.32 Å². The van der Waals surface area contributed by atoms with Gasteiger partial charge in [-0.1, -0.05) is 182 Å². The van der Waals surface area contributed by atoms with Crippen LogP contribution in [0.3, 0.4) is 0 Å². The first-order valence-electron chi connectivity index (χ1n) is 20.0. The molecule has 1 spiro atoms. The average Bonchev–Trinajstić information content (AvgIpc) is 3.60. The first-order valence-corrected chi connectivity index (χ1v) is 20.0. The highest BCUT2D eigenvalue weighted by molar-refractivity contribution is 6.19. The predicted octanol–water partition coefficient (Wildman–Crippen LogP) is 12.5. The van der Waals surface area contributed by atoms with E-state index in [1.807, 2.05) is 12.1 Å². The number of benzene rings is 9. The van der Waals surface area contributed by atoms with Crippen molar-refractivity contribution in [3.8, 4) is 33.8 Å². The average molecular weight is 744 g/mol. The Morgan fingerprint density at radius 1 is 0.448 bits per heavy atom. The van der Waals surface area contributed by atoms with E-state index in [4.69, 9.17) is 9.73 Å². The van der Waals surface area contributed by atoms with Crippen LogP contribution in [0, 0.1) is 0 Å². The molecule has 12 rings (SSSR count). The molecule has 2 heterocycles. The van der Waals surface area contributed by atoms with E-state index in [2.05, 4.69) is 199 Å². The number of nitrogens with zero attached hydrogens (tertiary/aromatic N) is 1. The number of rotatable bonds is 4. The van der Waals surface area contributed by atoms with Gasteiger partial charge in [-0.15, -0.1) is 0 Å². The van der Waals surface area contributed by atoms with Crippen molar-refractivity contribution in [2.24, 2.45) is 4.99 Å². The Bertz CT molecular complexity index is 3050. The van der Waals surface area contributed by atoms with E-state index in [9.17, 15) is 0 Å². The molecule has 274 valence electrons. The quantitative estimate of drug-likeness (QED) is 0.176. The minimum absolute atomic E-state index is 0.137. The molecule has 0 radical (unpaired) electrons. The predicted molar refractivity (Wildman–Crippen MR) is 235 cm³/mol.